The number of unbranched alkanes of at least 4 members (excludes halogenated alkanes) is 10. The highest BCUT2D eigenvalue weighted by Crippen LogP contribution is 2.44. The third-order valence-electron chi connectivity index (χ3n) is 6.47. The summed E-state index contributed by atoms with van der Waals surface area (Å²) in [7, 11) is -4.68. The highest BCUT2D eigenvalue weighted by atomic mass is 31.2. The maximum atomic E-state index is 12.2. The summed E-state index contributed by atoms with van der Waals surface area (Å²) < 4.78 is 32.8. The van der Waals surface area contributed by atoms with Gasteiger partial charge in [0.25, 0.3) is 0 Å². The molecule has 254 valence electrons. The van der Waals surface area contributed by atoms with E-state index in [2.05, 4.69) is 37.4 Å². The number of carbonyl (C=O) groups is 2. The van der Waals surface area contributed by atoms with Crippen molar-refractivity contribution in [3.8, 4) is 0 Å². The van der Waals surface area contributed by atoms with Crippen molar-refractivity contribution in [3.05, 3.63) is 48.0 Å². The predicted octanol–water partition coefficient (Wildman–Crippen LogP) is 7.72. The molecule has 0 aliphatic heterocycles. The van der Waals surface area contributed by atoms with Crippen LogP contribution in [0.1, 0.15) is 116 Å². The van der Waals surface area contributed by atoms with Gasteiger partial charge in [-0.2, -0.15) is 0 Å². The van der Waals surface area contributed by atoms with Crippen LogP contribution in [0.2, 0.25) is 0 Å². The van der Waals surface area contributed by atoms with Crippen LogP contribution in [0.15, 0.2) is 42.5 Å². The van der Waals surface area contributed by atoms with Crippen LogP contribution in [-0.2, 0) is 39.3 Å². The Morgan fingerprint density at radius 2 is 1.48 bits per heavy atom. The maximum absolute atomic E-state index is 12.2. The average Bonchev–Trinajstić information content (AvgIpc) is 3.00. The fourth-order valence-corrected chi connectivity index (χ4v) is 4.82. The average molecular weight is 644 g/mol. The first-order valence-corrected chi connectivity index (χ1v) is 17.7. The van der Waals surface area contributed by atoms with E-state index in [1.807, 2.05) is 30.3 Å². The van der Waals surface area contributed by atoms with Crippen LogP contribution < -0.4 is 5.73 Å². The first-order valence-electron chi connectivity index (χ1n) is 16.2. The summed E-state index contributed by atoms with van der Waals surface area (Å²) >= 11 is 0. The molecule has 11 heteroatoms. The molecule has 0 fully saturated rings. The van der Waals surface area contributed by atoms with Crippen molar-refractivity contribution in [1.82, 2.24) is 0 Å². The molecule has 44 heavy (non-hydrogen) atoms. The molecule has 10 nitrogen and oxygen atoms in total. The van der Waals surface area contributed by atoms with E-state index < -0.39 is 38.5 Å². The Labute approximate surface area is 265 Å². The van der Waals surface area contributed by atoms with Gasteiger partial charge >= 0.3 is 19.8 Å². The molecule has 3 atom stereocenters. The van der Waals surface area contributed by atoms with E-state index in [1.165, 1.54) is 38.5 Å². The lowest BCUT2D eigenvalue weighted by Crippen LogP contribution is -2.35. The lowest BCUT2D eigenvalue weighted by atomic mass is 10.1. The van der Waals surface area contributed by atoms with Gasteiger partial charge in [0.05, 0.1) is 19.8 Å². The number of allylic oxidation sites excluding steroid dienone is 2. The van der Waals surface area contributed by atoms with Crippen LogP contribution in [0.25, 0.3) is 0 Å². The highest BCUT2D eigenvalue weighted by Gasteiger charge is 2.29. The summed E-state index contributed by atoms with van der Waals surface area (Å²) in [6, 6.07) is 7.77. The molecule has 1 rings (SSSR count). The lowest BCUT2D eigenvalue weighted by Gasteiger charge is -2.21. The molecule has 0 saturated carbocycles. The van der Waals surface area contributed by atoms with Crippen LogP contribution in [0.4, 0.5) is 0 Å². The zero-order chi connectivity index (χ0) is 32.9. The van der Waals surface area contributed by atoms with E-state index in [4.69, 9.17) is 24.8 Å². The lowest BCUT2D eigenvalue weighted by molar-refractivity contribution is -0.148. The fraction of sp³-hybridized carbons (Fsp3) is 0.697. The van der Waals surface area contributed by atoms with Crippen LogP contribution in [0.5, 0.6) is 0 Å². The number of hydrogen-bond donors (Lipinski definition) is 3. The molecule has 0 aliphatic rings. The zero-order valence-electron chi connectivity index (χ0n) is 27.2. The van der Waals surface area contributed by atoms with Crippen molar-refractivity contribution < 1.29 is 42.7 Å². The molecule has 0 saturated heterocycles. The number of aliphatic carboxylic acids is 1. The summed E-state index contributed by atoms with van der Waals surface area (Å²) in [6.07, 6.45) is 19.0. The largest absolute Gasteiger partial charge is 0.480 e. The minimum absolute atomic E-state index is 0.159. The van der Waals surface area contributed by atoms with Gasteiger partial charge in [0.2, 0.25) is 0 Å². The Morgan fingerprint density at radius 1 is 0.864 bits per heavy atom. The smallest absolute Gasteiger partial charge is 0.472 e. The first kappa shape index (κ1) is 41.9. The molecule has 0 aliphatic carbocycles. The summed E-state index contributed by atoms with van der Waals surface area (Å²) in [6.45, 7) is 5.62. The molecule has 1 unspecified atom stereocenters. The van der Waals surface area contributed by atoms with Gasteiger partial charge in [-0.15, -0.1) is 0 Å². The quantitative estimate of drug-likeness (QED) is 0.0395. The molecule has 4 N–H and O–H groups in total. The van der Waals surface area contributed by atoms with Crippen molar-refractivity contribution in [2.24, 2.45) is 5.73 Å². The SMILES string of the molecule is CC/C=C\CCCCCCCC(=O)OC[C@@H](COCc1ccccc1)OP(=O)(O)OC[C@H](N)C(=O)O.CCCCCCCC. The molecular formula is C33H58NO9P. The molecule has 0 heterocycles. The molecule has 0 radical (unpaired) electrons. The minimum atomic E-state index is -4.68. The molecule has 0 aromatic heterocycles. The van der Waals surface area contributed by atoms with Gasteiger partial charge in [-0.1, -0.05) is 121 Å². The van der Waals surface area contributed by atoms with Gasteiger partial charge in [0, 0.05) is 6.42 Å². The van der Waals surface area contributed by atoms with Gasteiger partial charge in [0.15, 0.2) is 0 Å². The number of phosphoric acid groups is 1. The standard InChI is InChI=1S/C25H40NO9P.C8H18/c1-2-3-4-5-6-7-8-9-13-16-24(27)33-19-22(18-32-17-21-14-11-10-12-15-21)35-36(30,31)34-20-23(26)25(28)29;1-3-5-7-8-6-4-2/h3-4,10-12,14-15,22-23H,2,5-9,13,16-20,26H2,1H3,(H,28,29)(H,30,31);3-8H2,1-2H3/b4-3-;/t22-,23+;/m1./s1. The fourth-order valence-electron chi connectivity index (χ4n) is 3.91. The normalized spacial score (nSPS) is 13.9. The van der Waals surface area contributed by atoms with Crippen LogP contribution in [0, 0.1) is 0 Å². The van der Waals surface area contributed by atoms with Gasteiger partial charge in [-0.3, -0.25) is 18.6 Å². The summed E-state index contributed by atoms with van der Waals surface area (Å²) in [5, 5.41) is 8.80. The number of carboxylic acid groups (broad SMARTS) is 1. The molecule has 1 aromatic carbocycles. The topological polar surface area (TPSA) is 155 Å². The van der Waals surface area contributed by atoms with E-state index in [0.29, 0.717) is 6.42 Å². The number of benzene rings is 1. The van der Waals surface area contributed by atoms with Crippen molar-refractivity contribution in [2.45, 2.75) is 129 Å². The number of hydrogen-bond acceptors (Lipinski definition) is 8. The van der Waals surface area contributed by atoms with E-state index in [1.54, 1.807) is 0 Å². The number of nitrogens with two attached hydrogens (primary N) is 1. The van der Waals surface area contributed by atoms with Gasteiger partial charge in [-0.05, 0) is 31.2 Å². The zero-order valence-corrected chi connectivity index (χ0v) is 28.1. The van der Waals surface area contributed by atoms with Crippen LogP contribution >= 0.6 is 7.82 Å². The molecule has 1 aromatic rings. The van der Waals surface area contributed by atoms with E-state index in [9.17, 15) is 19.0 Å². The molecule has 0 spiro atoms. The Bertz CT molecular complexity index is 908. The number of phosphoric ester groups is 1. The van der Waals surface area contributed by atoms with Gasteiger partial charge in [-0.25, -0.2) is 4.57 Å². The second kappa shape index (κ2) is 28.4. The van der Waals surface area contributed by atoms with Crippen molar-refractivity contribution in [2.75, 3.05) is 19.8 Å². The van der Waals surface area contributed by atoms with Crippen molar-refractivity contribution >= 4 is 19.8 Å². The Balaban J connectivity index is 0.00000202. The van der Waals surface area contributed by atoms with E-state index >= 15 is 0 Å². The number of rotatable bonds is 26. The summed E-state index contributed by atoms with van der Waals surface area (Å²) in [4.78, 5) is 32.9. The Kier molecular flexibility index (Phi) is 27.1. The summed E-state index contributed by atoms with van der Waals surface area (Å²) in [5.74, 6) is -1.83. The second-order valence-corrected chi connectivity index (χ2v) is 12.1. The third-order valence-corrected chi connectivity index (χ3v) is 7.51. The number of carbonyl (C=O) groups excluding carboxylic acids is 1. The maximum Gasteiger partial charge on any atom is 0.472 e. The first-order chi connectivity index (χ1) is 21.1. The number of carboxylic acids is 1. The third kappa shape index (κ3) is 26.3. The van der Waals surface area contributed by atoms with Crippen LogP contribution in [-0.4, -0.2) is 53.9 Å². The van der Waals surface area contributed by atoms with Crippen molar-refractivity contribution in [1.29, 1.82) is 0 Å². The molecule has 0 bridgehead atoms. The van der Waals surface area contributed by atoms with E-state index in [0.717, 1.165) is 44.1 Å². The summed E-state index contributed by atoms with van der Waals surface area (Å²) in [5.41, 5.74) is 6.17. The van der Waals surface area contributed by atoms with Gasteiger partial charge < -0.3 is 25.2 Å². The number of ether oxygens (including phenoxy) is 2. The number of esters is 1. The Hall–Kier alpha value is -2.07. The highest BCUT2D eigenvalue weighted by molar-refractivity contribution is 7.47. The molecule has 0 amide bonds. The van der Waals surface area contributed by atoms with E-state index in [-0.39, 0.29) is 26.2 Å². The van der Waals surface area contributed by atoms with Gasteiger partial charge in [0.1, 0.15) is 18.8 Å². The predicted molar refractivity (Wildman–Crippen MR) is 174 cm³/mol. The second-order valence-electron chi connectivity index (χ2n) is 10.7. The Morgan fingerprint density at radius 3 is 2.09 bits per heavy atom. The monoisotopic (exact) mass is 643 g/mol. The minimum Gasteiger partial charge on any atom is -0.480 e. The van der Waals surface area contributed by atoms with Crippen LogP contribution in [0.3, 0.4) is 0 Å². The van der Waals surface area contributed by atoms with Crippen molar-refractivity contribution in [3.63, 3.8) is 0 Å². The molecular weight excluding hydrogens is 585 g/mol.